The molecule has 0 spiro atoms. The van der Waals surface area contributed by atoms with E-state index in [9.17, 15) is 0 Å². The fraction of sp³-hybridized carbons (Fsp3) is 1.00. The van der Waals surface area contributed by atoms with Crippen molar-refractivity contribution in [3.8, 4) is 0 Å². The normalized spacial score (nSPS) is 13.6. The first-order chi connectivity index (χ1) is 15.1. The van der Waals surface area contributed by atoms with Crippen molar-refractivity contribution in [2.45, 2.75) is 104 Å². The van der Waals surface area contributed by atoms with Gasteiger partial charge in [0.05, 0.1) is 76.3 Å². The fourth-order valence-electron chi connectivity index (χ4n) is 2.83. The topological polar surface area (TPSA) is 67.4 Å². The Balaban J connectivity index is 3.72. The third kappa shape index (κ3) is 24.6. The molecule has 200 valence electrons. The minimum atomic E-state index is -0.222. The van der Waals surface area contributed by atoms with Crippen molar-refractivity contribution in [1.82, 2.24) is 5.32 Å². The van der Waals surface area contributed by atoms with Crippen LogP contribution >= 0.6 is 0 Å². The molecule has 0 heterocycles. The van der Waals surface area contributed by atoms with Crippen molar-refractivity contribution in [2.75, 3.05) is 66.0 Å². The van der Waals surface area contributed by atoms with Gasteiger partial charge in [-0.05, 0) is 82.1 Å². The van der Waals surface area contributed by atoms with Crippen molar-refractivity contribution >= 4 is 0 Å². The molecule has 0 atom stereocenters. The molecule has 0 bridgehead atoms. The number of rotatable bonds is 20. The predicted octanol–water partition coefficient (Wildman–Crippen LogP) is 4.61. The van der Waals surface area contributed by atoms with E-state index >= 15 is 0 Å². The smallest absolute Gasteiger partial charge is 0.0707 e. The van der Waals surface area contributed by atoms with Gasteiger partial charge in [0.25, 0.3) is 0 Å². The summed E-state index contributed by atoms with van der Waals surface area (Å²) in [4.78, 5) is 0. The van der Waals surface area contributed by atoms with E-state index in [0.29, 0.717) is 59.5 Å². The van der Waals surface area contributed by atoms with Crippen LogP contribution in [0.1, 0.15) is 82.1 Å². The molecule has 0 aromatic carbocycles. The molecule has 0 amide bonds. The van der Waals surface area contributed by atoms with E-state index < -0.39 is 0 Å². The largest absolute Gasteiger partial charge is 0.378 e. The van der Waals surface area contributed by atoms with E-state index in [1.807, 2.05) is 20.8 Å². The quantitative estimate of drug-likeness (QED) is 0.257. The molecule has 1 N–H and O–H groups in total. The summed E-state index contributed by atoms with van der Waals surface area (Å²) in [7, 11) is 0. The Labute approximate surface area is 204 Å². The highest BCUT2D eigenvalue weighted by Crippen LogP contribution is 2.24. The Morgan fingerprint density at radius 3 is 1.21 bits per heavy atom. The molecule has 0 aliphatic rings. The lowest BCUT2D eigenvalue weighted by molar-refractivity contribution is -0.0892. The molecule has 0 aromatic rings. The Bertz CT molecular complexity index is 468. The second-order valence-corrected chi connectivity index (χ2v) is 11.7. The Morgan fingerprint density at radius 1 is 0.455 bits per heavy atom. The first-order valence-electron chi connectivity index (χ1n) is 12.5. The lowest BCUT2D eigenvalue weighted by atomic mass is 9.94. The second kappa shape index (κ2) is 16.4. The van der Waals surface area contributed by atoms with Gasteiger partial charge in [-0.15, -0.1) is 0 Å². The molecule has 0 unspecified atom stereocenters. The standard InChI is InChI=1S/C26H55NO6/c1-23(2,3)27-13-14-28-15-16-29-18-21-32-25(7,8)11-12-26(9,10)33-22-19-30-17-20-31-24(4,5)6/h27H,11-22H2,1-10H3. The Kier molecular flexibility index (Phi) is 16.3. The highest BCUT2D eigenvalue weighted by atomic mass is 16.6. The van der Waals surface area contributed by atoms with Gasteiger partial charge in [0, 0.05) is 12.1 Å². The first kappa shape index (κ1) is 32.7. The van der Waals surface area contributed by atoms with Gasteiger partial charge in [0.15, 0.2) is 0 Å². The summed E-state index contributed by atoms with van der Waals surface area (Å²) in [6.07, 6.45) is 1.81. The third-order valence-corrected chi connectivity index (χ3v) is 4.81. The van der Waals surface area contributed by atoms with Gasteiger partial charge in [-0.25, -0.2) is 0 Å². The second-order valence-electron chi connectivity index (χ2n) is 11.7. The molecule has 0 aromatic heterocycles. The van der Waals surface area contributed by atoms with Crippen molar-refractivity contribution < 1.29 is 28.4 Å². The van der Waals surface area contributed by atoms with Gasteiger partial charge in [-0.3, -0.25) is 0 Å². The first-order valence-corrected chi connectivity index (χ1v) is 12.5. The average Bonchev–Trinajstić information content (AvgIpc) is 2.65. The molecule has 0 aliphatic carbocycles. The minimum Gasteiger partial charge on any atom is -0.378 e. The average molecular weight is 478 g/mol. The minimum absolute atomic E-state index is 0.124. The van der Waals surface area contributed by atoms with Gasteiger partial charge in [0.1, 0.15) is 0 Å². The monoisotopic (exact) mass is 477 g/mol. The summed E-state index contributed by atoms with van der Waals surface area (Å²) in [6.45, 7) is 27.3. The van der Waals surface area contributed by atoms with E-state index in [4.69, 9.17) is 28.4 Å². The van der Waals surface area contributed by atoms with E-state index in [1.165, 1.54) is 0 Å². The number of ether oxygens (including phenoxy) is 6. The van der Waals surface area contributed by atoms with E-state index in [1.54, 1.807) is 0 Å². The summed E-state index contributed by atoms with van der Waals surface area (Å²) < 4.78 is 34.5. The van der Waals surface area contributed by atoms with Crippen LogP contribution in [0.25, 0.3) is 0 Å². The van der Waals surface area contributed by atoms with E-state index in [-0.39, 0.29) is 22.3 Å². The molecular formula is C26H55NO6. The Morgan fingerprint density at radius 2 is 0.818 bits per heavy atom. The zero-order valence-electron chi connectivity index (χ0n) is 23.4. The maximum absolute atomic E-state index is 6.03. The van der Waals surface area contributed by atoms with Crippen molar-refractivity contribution in [1.29, 1.82) is 0 Å². The van der Waals surface area contributed by atoms with Crippen LogP contribution in [0.2, 0.25) is 0 Å². The number of hydrogen-bond acceptors (Lipinski definition) is 7. The summed E-state index contributed by atoms with van der Waals surface area (Å²) >= 11 is 0. The van der Waals surface area contributed by atoms with Crippen molar-refractivity contribution in [3.63, 3.8) is 0 Å². The number of nitrogens with one attached hydrogen (secondary N) is 1. The molecule has 7 heteroatoms. The van der Waals surface area contributed by atoms with Crippen LogP contribution in [-0.4, -0.2) is 88.3 Å². The molecule has 7 nitrogen and oxygen atoms in total. The van der Waals surface area contributed by atoms with E-state index in [2.05, 4.69) is 53.8 Å². The summed E-state index contributed by atoms with van der Waals surface area (Å²) in [5, 5.41) is 3.39. The SMILES string of the molecule is CC(C)(C)NCCOCCOCCOC(C)(C)CCC(C)(C)OCCOCCOC(C)(C)C. The molecule has 0 saturated carbocycles. The summed E-state index contributed by atoms with van der Waals surface area (Å²) in [5.41, 5.74) is -0.441. The zero-order valence-corrected chi connectivity index (χ0v) is 23.4. The highest BCUT2D eigenvalue weighted by molar-refractivity contribution is 4.77. The molecule has 0 aliphatic heterocycles. The van der Waals surface area contributed by atoms with Gasteiger partial charge in [-0.1, -0.05) is 0 Å². The molecular weight excluding hydrogens is 422 g/mol. The third-order valence-electron chi connectivity index (χ3n) is 4.81. The zero-order chi connectivity index (χ0) is 25.4. The molecule has 0 rings (SSSR count). The summed E-state index contributed by atoms with van der Waals surface area (Å²) in [6, 6.07) is 0. The predicted molar refractivity (Wildman–Crippen MR) is 135 cm³/mol. The van der Waals surface area contributed by atoms with Gasteiger partial charge < -0.3 is 33.7 Å². The van der Waals surface area contributed by atoms with Gasteiger partial charge >= 0.3 is 0 Å². The highest BCUT2D eigenvalue weighted by Gasteiger charge is 2.25. The summed E-state index contributed by atoms with van der Waals surface area (Å²) in [5.74, 6) is 0. The molecule has 0 fully saturated rings. The number of hydrogen-bond donors (Lipinski definition) is 1. The fourth-order valence-corrected chi connectivity index (χ4v) is 2.83. The van der Waals surface area contributed by atoms with E-state index in [0.717, 1.165) is 19.4 Å². The van der Waals surface area contributed by atoms with Crippen LogP contribution in [0, 0.1) is 0 Å². The van der Waals surface area contributed by atoms with Crippen molar-refractivity contribution in [2.24, 2.45) is 0 Å². The van der Waals surface area contributed by atoms with Crippen LogP contribution in [0.5, 0.6) is 0 Å². The van der Waals surface area contributed by atoms with Crippen molar-refractivity contribution in [3.05, 3.63) is 0 Å². The van der Waals surface area contributed by atoms with Gasteiger partial charge in [0.2, 0.25) is 0 Å². The lowest BCUT2D eigenvalue weighted by Crippen LogP contribution is -2.38. The van der Waals surface area contributed by atoms with Crippen LogP contribution < -0.4 is 5.32 Å². The van der Waals surface area contributed by atoms with Crippen LogP contribution in [0.4, 0.5) is 0 Å². The maximum atomic E-state index is 6.03. The Hall–Kier alpha value is -0.280. The van der Waals surface area contributed by atoms with Crippen LogP contribution in [0.3, 0.4) is 0 Å². The van der Waals surface area contributed by atoms with Crippen LogP contribution in [-0.2, 0) is 28.4 Å². The molecule has 33 heavy (non-hydrogen) atoms. The molecule has 0 saturated heterocycles. The lowest BCUT2D eigenvalue weighted by Gasteiger charge is -2.31. The molecule has 0 radical (unpaired) electrons. The van der Waals surface area contributed by atoms with Gasteiger partial charge in [-0.2, -0.15) is 0 Å². The van der Waals surface area contributed by atoms with Crippen LogP contribution in [0.15, 0.2) is 0 Å². The maximum Gasteiger partial charge on any atom is 0.0707 e.